The number of nitrogens with zero attached hydrogens (tertiary/aromatic N) is 1. The maximum absolute atomic E-state index is 12.3. The van der Waals surface area contributed by atoms with Gasteiger partial charge in [0.25, 0.3) is 0 Å². The molecule has 1 aliphatic carbocycles. The fourth-order valence-electron chi connectivity index (χ4n) is 3.26. The third kappa shape index (κ3) is 4.55. The first-order chi connectivity index (χ1) is 10.3. The standard InChI is InChI=1S/C17H28N2OS/c1-3-19(4-2)15(16-11-8-12-21-16)13-18-17(20)14-9-6-5-7-10-14/h8,11-12,14-15H,3-7,9-10,13H2,1-2H3,(H,18,20). The van der Waals surface area contributed by atoms with Gasteiger partial charge in [-0.25, -0.2) is 0 Å². The second-order valence-electron chi connectivity index (χ2n) is 5.83. The van der Waals surface area contributed by atoms with Gasteiger partial charge in [-0.15, -0.1) is 11.3 Å². The fourth-order valence-corrected chi connectivity index (χ4v) is 4.12. The molecule has 0 saturated heterocycles. The first-order valence-electron chi connectivity index (χ1n) is 8.31. The van der Waals surface area contributed by atoms with Crippen LogP contribution in [0.5, 0.6) is 0 Å². The smallest absolute Gasteiger partial charge is 0.223 e. The molecule has 0 radical (unpaired) electrons. The summed E-state index contributed by atoms with van der Waals surface area (Å²) < 4.78 is 0. The lowest BCUT2D eigenvalue weighted by Gasteiger charge is -2.30. The Kier molecular flexibility index (Phi) is 6.71. The van der Waals surface area contributed by atoms with E-state index in [1.165, 1.54) is 24.1 Å². The highest BCUT2D eigenvalue weighted by molar-refractivity contribution is 7.10. The van der Waals surface area contributed by atoms with Crippen molar-refractivity contribution in [3.8, 4) is 0 Å². The molecule has 0 aromatic carbocycles. The highest BCUT2D eigenvalue weighted by atomic mass is 32.1. The van der Waals surface area contributed by atoms with Gasteiger partial charge in [0.15, 0.2) is 0 Å². The third-order valence-corrected chi connectivity index (χ3v) is 5.54. The van der Waals surface area contributed by atoms with E-state index in [-0.39, 0.29) is 11.8 Å². The second-order valence-corrected chi connectivity index (χ2v) is 6.81. The zero-order valence-corrected chi connectivity index (χ0v) is 14.1. The number of likely N-dealkylation sites (N-methyl/N-ethyl adjacent to an activating group) is 1. The molecule has 0 bridgehead atoms. The normalized spacial score (nSPS) is 17.9. The summed E-state index contributed by atoms with van der Waals surface area (Å²) in [4.78, 5) is 16.1. The number of rotatable bonds is 7. The topological polar surface area (TPSA) is 32.3 Å². The van der Waals surface area contributed by atoms with E-state index >= 15 is 0 Å². The number of hydrogen-bond acceptors (Lipinski definition) is 3. The van der Waals surface area contributed by atoms with Crippen molar-refractivity contribution in [2.45, 2.75) is 52.0 Å². The van der Waals surface area contributed by atoms with Crippen molar-refractivity contribution >= 4 is 17.2 Å². The lowest BCUT2D eigenvalue weighted by atomic mass is 9.88. The number of carbonyl (C=O) groups excluding carboxylic acids is 1. The van der Waals surface area contributed by atoms with Gasteiger partial charge in [0.1, 0.15) is 0 Å². The molecule has 1 fully saturated rings. The molecule has 1 amide bonds. The average molecular weight is 308 g/mol. The summed E-state index contributed by atoms with van der Waals surface area (Å²) in [5.74, 6) is 0.517. The van der Waals surface area contributed by atoms with Gasteiger partial charge in [0.2, 0.25) is 5.91 Å². The molecule has 21 heavy (non-hydrogen) atoms. The van der Waals surface area contributed by atoms with Gasteiger partial charge in [0, 0.05) is 17.3 Å². The molecule has 1 heterocycles. The predicted octanol–water partition coefficient (Wildman–Crippen LogP) is 3.83. The maximum Gasteiger partial charge on any atom is 0.223 e. The largest absolute Gasteiger partial charge is 0.354 e. The zero-order valence-electron chi connectivity index (χ0n) is 13.3. The van der Waals surface area contributed by atoms with Crippen LogP contribution >= 0.6 is 11.3 Å². The van der Waals surface area contributed by atoms with Crippen molar-refractivity contribution < 1.29 is 4.79 Å². The van der Waals surface area contributed by atoms with Crippen LogP contribution in [0.4, 0.5) is 0 Å². The van der Waals surface area contributed by atoms with E-state index in [1.54, 1.807) is 11.3 Å². The average Bonchev–Trinajstić information content (AvgIpc) is 3.06. The fraction of sp³-hybridized carbons (Fsp3) is 0.706. The van der Waals surface area contributed by atoms with Gasteiger partial charge in [0.05, 0.1) is 6.04 Å². The van der Waals surface area contributed by atoms with Crippen molar-refractivity contribution in [3.05, 3.63) is 22.4 Å². The van der Waals surface area contributed by atoms with Crippen molar-refractivity contribution in [3.63, 3.8) is 0 Å². The molecular formula is C17H28N2OS. The first-order valence-corrected chi connectivity index (χ1v) is 9.19. The molecular weight excluding hydrogens is 280 g/mol. The van der Waals surface area contributed by atoms with Gasteiger partial charge in [-0.05, 0) is 37.4 Å². The number of nitrogens with one attached hydrogen (secondary N) is 1. The third-order valence-electron chi connectivity index (χ3n) is 4.57. The van der Waals surface area contributed by atoms with Gasteiger partial charge in [-0.3, -0.25) is 9.69 Å². The van der Waals surface area contributed by atoms with Crippen molar-refractivity contribution in [2.24, 2.45) is 5.92 Å². The van der Waals surface area contributed by atoms with Crippen LogP contribution in [0.25, 0.3) is 0 Å². The van der Waals surface area contributed by atoms with Crippen LogP contribution in [-0.2, 0) is 4.79 Å². The lowest BCUT2D eigenvalue weighted by molar-refractivity contribution is -0.126. The summed E-state index contributed by atoms with van der Waals surface area (Å²) in [6.07, 6.45) is 5.85. The minimum Gasteiger partial charge on any atom is -0.354 e. The molecule has 1 aromatic rings. The Balaban J connectivity index is 1.93. The summed E-state index contributed by atoms with van der Waals surface area (Å²) in [5.41, 5.74) is 0. The van der Waals surface area contributed by atoms with Crippen LogP contribution in [0.15, 0.2) is 17.5 Å². The Morgan fingerprint density at radius 1 is 1.33 bits per heavy atom. The molecule has 1 N–H and O–H groups in total. The van der Waals surface area contributed by atoms with E-state index in [2.05, 4.69) is 41.6 Å². The summed E-state index contributed by atoms with van der Waals surface area (Å²) in [6, 6.07) is 4.59. The van der Waals surface area contributed by atoms with Gasteiger partial charge >= 0.3 is 0 Å². The monoisotopic (exact) mass is 308 g/mol. The zero-order chi connectivity index (χ0) is 15.1. The van der Waals surface area contributed by atoms with Gasteiger partial charge in [-0.2, -0.15) is 0 Å². The minimum absolute atomic E-state index is 0.249. The van der Waals surface area contributed by atoms with E-state index in [1.807, 2.05) is 0 Å². The number of amides is 1. The number of thiophene rings is 1. The van der Waals surface area contributed by atoms with Crippen LogP contribution in [-0.4, -0.2) is 30.4 Å². The molecule has 2 rings (SSSR count). The molecule has 3 nitrogen and oxygen atoms in total. The second kappa shape index (κ2) is 8.54. The molecule has 1 aliphatic rings. The maximum atomic E-state index is 12.3. The summed E-state index contributed by atoms with van der Waals surface area (Å²) >= 11 is 1.78. The molecule has 1 aromatic heterocycles. The van der Waals surface area contributed by atoms with Crippen LogP contribution in [0.2, 0.25) is 0 Å². The molecule has 1 unspecified atom stereocenters. The van der Waals surface area contributed by atoms with Crippen LogP contribution < -0.4 is 5.32 Å². The quantitative estimate of drug-likeness (QED) is 0.830. The highest BCUT2D eigenvalue weighted by Gasteiger charge is 2.24. The van der Waals surface area contributed by atoms with Crippen molar-refractivity contribution in [1.82, 2.24) is 10.2 Å². The van der Waals surface area contributed by atoms with Crippen molar-refractivity contribution in [2.75, 3.05) is 19.6 Å². The number of hydrogen-bond donors (Lipinski definition) is 1. The van der Waals surface area contributed by atoms with Crippen LogP contribution in [0.1, 0.15) is 56.9 Å². The lowest BCUT2D eigenvalue weighted by Crippen LogP contribution is -2.40. The first kappa shape index (κ1) is 16.5. The van der Waals surface area contributed by atoms with E-state index in [0.717, 1.165) is 32.5 Å². The van der Waals surface area contributed by atoms with Crippen molar-refractivity contribution in [1.29, 1.82) is 0 Å². The Morgan fingerprint density at radius 3 is 2.62 bits per heavy atom. The Labute approximate surface area is 132 Å². The van der Waals surface area contributed by atoms with E-state index in [4.69, 9.17) is 0 Å². The SMILES string of the molecule is CCN(CC)C(CNC(=O)C1CCCCC1)c1cccs1. The molecule has 118 valence electrons. The van der Waals surface area contributed by atoms with Gasteiger partial charge < -0.3 is 5.32 Å². The predicted molar refractivity (Wildman–Crippen MR) is 89.6 cm³/mol. The van der Waals surface area contributed by atoms with E-state index in [0.29, 0.717) is 6.04 Å². The van der Waals surface area contributed by atoms with Gasteiger partial charge in [-0.1, -0.05) is 39.2 Å². The molecule has 1 atom stereocenters. The molecule has 4 heteroatoms. The summed E-state index contributed by atoms with van der Waals surface area (Å²) in [7, 11) is 0. The van der Waals surface area contributed by atoms with Crippen LogP contribution in [0.3, 0.4) is 0 Å². The summed E-state index contributed by atoms with van der Waals surface area (Å²) in [5, 5.41) is 5.34. The highest BCUT2D eigenvalue weighted by Crippen LogP contribution is 2.26. The molecule has 1 saturated carbocycles. The summed E-state index contributed by atoms with van der Waals surface area (Å²) in [6.45, 7) is 7.13. The molecule has 0 spiro atoms. The van der Waals surface area contributed by atoms with E-state index < -0.39 is 0 Å². The minimum atomic E-state index is 0.249. The number of carbonyl (C=O) groups is 1. The Bertz CT molecular complexity index is 408. The Hall–Kier alpha value is -0.870. The van der Waals surface area contributed by atoms with Crippen LogP contribution in [0, 0.1) is 5.92 Å². The Morgan fingerprint density at radius 2 is 2.05 bits per heavy atom. The van der Waals surface area contributed by atoms with E-state index in [9.17, 15) is 4.79 Å². The molecule has 0 aliphatic heterocycles.